The number of carbonyl (C=O) groups is 1. The second-order valence-corrected chi connectivity index (χ2v) is 6.56. The summed E-state index contributed by atoms with van der Waals surface area (Å²) >= 11 is 1.42. The third kappa shape index (κ3) is 5.30. The minimum atomic E-state index is -4.35. The second kappa shape index (κ2) is 7.75. The lowest BCUT2D eigenvalue weighted by atomic mass is 10.1. The van der Waals surface area contributed by atoms with E-state index in [4.69, 9.17) is 0 Å². The zero-order valence-electron chi connectivity index (χ0n) is 13.4. The Kier molecular flexibility index (Phi) is 5.94. The molecule has 1 atom stereocenters. The Labute approximate surface area is 143 Å². The first-order chi connectivity index (χ1) is 11.3. The van der Waals surface area contributed by atoms with E-state index in [0.717, 1.165) is 22.6 Å². The molecule has 2 aromatic rings. The van der Waals surface area contributed by atoms with Gasteiger partial charge in [0.05, 0.1) is 17.4 Å². The van der Waals surface area contributed by atoms with Crippen LogP contribution in [0, 0.1) is 6.92 Å². The molecule has 0 fully saturated rings. The summed E-state index contributed by atoms with van der Waals surface area (Å²) in [5.74, 6) is 0.0987. The van der Waals surface area contributed by atoms with Crippen molar-refractivity contribution < 1.29 is 18.0 Å². The van der Waals surface area contributed by atoms with Gasteiger partial charge in [-0.2, -0.15) is 13.2 Å². The van der Waals surface area contributed by atoms with Crippen LogP contribution in [0.25, 0.3) is 0 Å². The molecule has 1 N–H and O–H groups in total. The van der Waals surface area contributed by atoms with E-state index >= 15 is 0 Å². The summed E-state index contributed by atoms with van der Waals surface area (Å²) in [7, 11) is 0. The molecule has 2 nitrogen and oxygen atoms in total. The van der Waals surface area contributed by atoms with Gasteiger partial charge in [0.15, 0.2) is 0 Å². The number of nitrogens with one attached hydrogen (secondary N) is 1. The number of thioether (sulfide) groups is 1. The third-order valence-electron chi connectivity index (χ3n) is 3.51. The molecule has 0 aliphatic carbocycles. The van der Waals surface area contributed by atoms with E-state index in [1.54, 1.807) is 6.92 Å². The summed E-state index contributed by atoms with van der Waals surface area (Å²) in [6.45, 7) is 3.74. The van der Waals surface area contributed by atoms with Crippen molar-refractivity contribution in [3.05, 3.63) is 65.2 Å². The van der Waals surface area contributed by atoms with Crippen molar-refractivity contribution in [3.8, 4) is 0 Å². The van der Waals surface area contributed by atoms with Crippen LogP contribution in [-0.2, 0) is 11.0 Å². The number of hydrogen-bond donors (Lipinski definition) is 1. The number of alkyl halides is 3. The van der Waals surface area contributed by atoms with E-state index in [2.05, 4.69) is 5.32 Å². The van der Waals surface area contributed by atoms with E-state index in [1.807, 2.05) is 31.2 Å². The van der Waals surface area contributed by atoms with Crippen LogP contribution in [0.15, 0.2) is 53.4 Å². The fraction of sp³-hybridized carbons (Fsp3) is 0.278. The van der Waals surface area contributed by atoms with E-state index < -0.39 is 11.7 Å². The van der Waals surface area contributed by atoms with Gasteiger partial charge in [-0.05, 0) is 43.7 Å². The largest absolute Gasteiger partial charge is 0.416 e. The van der Waals surface area contributed by atoms with Gasteiger partial charge < -0.3 is 5.32 Å². The molecule has 0 aliphatic rings. The zero-order chi connectivity index (χ0) is 17.7. The van der Waals surface area contributed by atoms with E-state index in [-0.39, 0.29) is 17.7 Å². The first-order valence-electron chi connectivity index (χ1n) is 7.41. The van der Waals surface area contributed by atoms with Crippen molar-refractivity contribution in [2.24, 2.45) is 0 Å². The number of halogens is 3. The van der Waals surface area contributed by atoms with E-state index in [9.17, 15) is 18.0 Å². The molecule has 0 bridgehead atoms. The maximum atomic E-state index is 12.5. The van der Waals surface area contributed by atoms with Gasteiger partial charge in [0, 0.05) is 4.90 Å². The number of rotatable bonds is 5. The topological polar surface area (TPSA) is 29.1 Å². The molecule has 0 saturated carbocycles. The average molecular weight is 353 g/mol. The Bertz CT molecular complexity index is 681. The van der Waals surface area contributed by atoms with Crippen LogP contribution in [0.2, 0.25) is 0 Å². The van der Waals surface area contributed by atoms with Gasteiger partial charge in [-0.3, -0.25) is 4.79 Å². The van der Waals surface area contributed by atoms with Gasteiger partial charge in [-0.15, -0.1) is 11.8 Å². The van der Waals surface area contributed by atoms with Crippen LogP contribution in [-0.4, -0.2) is 11.7 Å². The highest BCUT2D eigenvalue weighted by Crippen LogP contribution is 2.30. The summed E-state index contributed by atoms with van der Waals surface area (Å²) in [4.78, 5) is 13.0. The molecule has 0 aliphatic heterocycles. The van der Waals surface area contributed by atoms with Crippen LogP contribution in [0.4, 0.5) is 13.2 Å². The van der Waals surface area contributed by atoms with Crippen LogP contribution in [0.1, 0.15) is 29.7 Å². The first kappa shape index (κ1) is 18.4. The molecule has 0 spiro atoms. The molecule has 0 aromatic heterocycles. The van der Waals surface area contributed by atoms with Crippen molar-refractivity contribution in [2.45, 2.75) is 31.0 Å². The van der Waals surface area contributed by atoms with Crippen molar-refractivity contribution in [2.75, 3.05) is 5.75 Å². The van der Waals surface area contributed by atoms with Crippen LogP contribution in [0.3, 0.4) is 0 Å². The molecule has 0 heterocycles. The number of hydrogen-bond acceptors (Lipinski definition) is 2. The lowest BCUT2D eigenvalue weighted by Gasteiger charge is -2.15. The van der Waals surface area contributed by atoms with Gasteiger partial charge in [-0.25, -0.2) is 0 Å². The fourth-order valence-corrected chi connectivity index (χ4v) is 2.82. The van der Waals surface area contributed by atoms with Gasteiger partial charge in [-0.1, -0.05) is 29.8 Å². The molecule has 0 saturated heterocycles. The number of benzene rings is 2. The molecule has 1 unspecified atom stereocenters. The predicted octanol–water partition coefficient (Wildman–Crippen LogP) is 4.98. The van der Waals surface area contributed by atoms with Crippen molar-refractivity contribution in [1.29, 1.82) is 0 Å². The highest BCUT2D eigenvalue weighted by Gasteiger charge is 2.30. The second-order valence-electron chi connectivity index (χ2n) is 5.51. The number of aryl methyl sites for hydroxylation is 1. The van der Waals surface area contributed by atoms with Crippen LogP contribution in [0.5, 0.6) is 0 Å². The van der Waals surface area contributed by atoms with Crippen LogP contribution < -0.4 is 5.32 Å². The van der Waals surface area contributed by atoms with Gasteiger partial charge in [0.2, 0.25) is 5.91 Å². The lowest BCUT2D eigenvalue weighted by Crippen LogP contribution is -2.28. The number of amides is 1. The van der Waals surface area contributed by atoms with E-state index in [0.29, 0.717) is 5.56 Å². The standard InChI is InChI=1S/C18H18F3NOS/c1-12-3-9-16(10-4-12)24-11-17(23)22-13(2)14-5-7-15(8-6-14)18(19,20)21/h3-10,13H,11H2,1-2H3,(H,22,23). The molecule has 128 valence electrons. The summed E-state index contributed by atoms with van der Waals surface area (Å²) in [5.41, 5.74) is 1.09. The summed E-state index contributed by atoms with van der Waals surface area (Å²) in [5, 5.41) is 2.79. The van der Waals surface area contributed by atoms with Crippen molar-refractivity contribution in [3.63, 3.8) is 0 Å². The summed E-state index contributed by atoms with van der Waals surface area (Å²) < 4.78 is 37.6. The molecule has 24 heavy (non-hydrogen) atoms. The Morgan fingerprint density at radius 3 is 2.21 bits per heavy atom. The molecule has 1 amide bonds. The molecule has 0 radical (unpaired) electrons. The molecular weight excluding hydrogens is 335 g/mol. The Morgan fingerprint density at radius 2 is 1.67 bits per heavy atom. The van der Waals surface area contributed by atoms with E-state index in [1.165, 1.54) is 23.9 Å². The maximum absolute atomic E-state index is 12.5. The fourth-order valence-electron chi connectivity index (χ4n) is 2.11. The molecular formula is C18H18F3NOS. The Morgan fingerprint density at radius 1 is 1.08 bits per heavy atom. The van der Waals surface area contributed by atoms with Gasteiger partial charge in [0.25, 0.3) is 0 Å². The van der Waals surface area contributed by atoms with Gasteiger partial charge in [0.1, 0.15) is 0 Å². The highest BCUT2D eigenvalue weighted by atomic mass is 32.2. The maximum Gasteiger partial charge on any atom is 0.416 e. The third-order valence-corrected chi connectivity index (χ3v) is 4.52. The SMILES string of the molecule is Cc1ccc(SCC(=O)NC(C)c2ccc(C(F)(F)F)cc2)cc1. The molecule has 2 aromatic carbocycles. The molecule has 2 rings (SSSR count). The lowest BCUT2D eigenvalue weighted by molar-refractivity contribution is -0.137. The molecule has 6 heteroatoms. The first-order valence-corrected chi connectivity index (χ1v) is 8.40. The zero-order valence-corrected chi connectivity index (χ0v) is 14.2. The van der Waals surface area contributed by atoms with Gasteiger partial charge >= 0.3 is 6.18 Å². The van der Waals surface area contributed by atoms with Crippen molar-refractivity contribution >= 4 is 17.7 Å². The summed E-state index contributed by atoms with van der Waals surface area (Å²) in [6, 6.07) is 12.3. The number of carbonyl (C=O) groups excluding carboxylic acids is 1. The smallest absolute Gasteiger partial charge is 0.349 e. The minimum Gasteiger partial charge on any atom is -0.349 e. The highest BCUT2D eigenvalue weighted by molar-refractivity contribution is 8.00. The Balaban J connectivity index is 1.88. The minimum absolute atomic E-state index is 0.159. The normalized spacial score (nSPS) is 12.7. The Hall–Kier alpha value is -1.95. The predicted molar refractivity (Wildman–Crippen MR) is 89.9 cm³/mol. The average Bonchev–Trinajstić information content (AvgIpc) is 2.53. The quantitative estimate of drug-likeness (QED) is 0.768. The summed E-state index contributed by atoms with van der Waals surface area (Å²) in [6.07, 6.45) is -4.35. The van der Waals surface area contributed by atoms with Crippen LogP contribution >= 0.6 is 11.8 Å². The van der Waals surface area contributed by atoms with Crippen molar-refractivity contribution in [1.82, 2.24) is 5.32 Å². The monoisotopic (exact) mass is 353 g/mol.